The van der Waals surface area contributed by atoms with Crippen molar-refractivity contribution in [2.45, 2.75) is 35.3 Å². The molecule has 0 bridgehead atoms. The van der Waals surface area contributed by atoms with Crippen LogP contribution in [0.2, 0.25) is 0 Å². The van der Waals surface area contributed by atoms with Gasteiger partial charge in [0.05, 0.1) is 10.5 Å². The van der Waals surface area contributed by atoms with Crippen molar-refractivity contribution in [1.82, 2.24) is 4.31 Å². The van der Waals surface area contributed by atoms with Crippen LogP contribution in [0.15, 0.2) is 28.0 Å². The zero-order valence-electron chi connectivity index (χ0n) is 12.2. The van der Waals surface area contributed by atoms with Crippen molar-refractivity contribution < 1.29 is 18.3 Å². The van der Waals surface area contributed by atoms with E-state index in [1.807, 2.05) is 20.8 Å². The van der Waals surface area contributed by atoms with Gasteiger partial charge in [0.25, 0.3) is 0 Å². The second kappa shape index (κ2) is 5.75. The Labute approximate surface area is 124 Å². The lowest BCUT2D eigenvalue weighted by Gasteiger charge is -2.19. The predicted molar refractivity (Wildman–Crippen MR) is 79.9 cm³/mol. The first-order valence-electron chi connectivity index (χ1n) is 5.94. The van der Waals surface area contributed by atoms with Gasteiger partial charge >= 0.3 is 5.97 Å². The molecule has 1 rings (SSSR count). The number of rotatable bonds is 4. The summed E-state index contributed by atoms with van der Waals surface area (Å²) in [6, 6.07) is 4.21. The molecule has 0 fully saturated rings. The van der Waals surface area contributed by atoms with Crippen molar-refractivity contribution >= 4 is 27.8 Å². The maximum atomic E-state index is 12.0. The monoisotopic (exact) mass is 317 g/mol. The Morgan fingerprint density at radius 1 is 1.25 bits per heavy atom. The molecule has 0 aromatic heterocycles. The molecule has 0 unspecified atom stereocenters. The fourth-order valence-corrected chi connectivity index (χ4v) is 3.45. The van der Waals surface area contributed by atoms with E-state index in [0.29, 0.717) is 4.90 Å². The highest BCUT2D eigenvalue weighted by molar-refractivity contribution is 8.00. The number of carbonyl (C=O) groups is 1. The van der Waals surface area contributed by atoms with E-state index in [1.165, 1.54) is 38.0 Å². The Kier molecular flexibility index (Phi) is 4.89. The molecule has 0 saturated carbocycles. The molecule has 20 heavy (non-hydrogen) atoms. The lowest BCUT2D eigenvalue weighted by molar-refractivity contribution is 0.0693. The number of hydrogen-bond acceptors (Lipinski definition) is 4. The average molecular weight is 317 g/mol. The molecule has 0 saturated heterocycles. The SMILES string of the molecule is CN(C)S(=O)(=O)c1ccc(SC(C)(C)C)c(C(=O)O)c1. The number of sulfonamides is 1. The second-order valence-corrected chi connectivity index (χ2v) is 9.49. The highest BCUT2D eigenvalue weighted by Gasteiger charge is 2.23. The van der Waals surface area contributed by atoms with Gasteiger partial charge in [-0.2, -0.15) is 0 Å². The number of thioether (sulfide) groups is 1. The number of nitrogens with zero attached hydrogens (tertiary/aromatic N) is 1. The molecule has 1 N–H and O–H groups in total. The molecule has 0 aliphatic carbocycles. The van der Waals surface area contributed by atoms with Crippen LogP contribution in [0.3, 0.4) is 0 Å². The van der Waals surface area contributed by atoms with Crippen LogP contribution < -0.4 is 0 Å². The van der Waals surface area contributed by atoms with Gasteiger partial charge in [0.2, 0.25) is 10.0 Å². The van der Waals surface area contributed by atoms with Crippen molar-refractivity contribution in [3.8, 4) is 0 Å². The Bertz CT molecular complexity index is 616. The molecule has 7 heteroatoms. The number of benzene rings is 1. The molecule has 5 nitrogen and oxygen atoms in total. The molecule has 0 aliphatic heterocycles. The Balaban J connectivity index is 3.39. The second-order valence-electron chi connectivity index (χ2n) is 5.46. The molecule has 0 atom stereocenters. The predicted octanol–water partition coefficient (Wildman–Crippen LogP) is 2.53. The van der Waals surface area contributed by atoms with E-state index in [0.717, 1.165) is 4.31 Å². The van der Waals surface area contributed by atoms with Crippen LogP contribution in [0.1, 0.15) is 31.1 Å². The Morgan fingerprint density at radius 3 is 2.20 bits per heavy atom. The minimum Gasteiger partial charge on any atom is -0.478 e. The summed E-state index contributed by atoms with van der Waals surface area (Å²) in [6.45, 7) is 5.90. The van der Waals surface area contributed by atoms with Gasteiger partial charge < -0.3 is 5.11 Å². The lowest BCUT2D eigenvalue weighted by Crippen LogP contribution is -2.22. The fourth-order valence-electron chi connectivity index (χ4n) is 1.47. The molecular formula is C13H19NO4S2. The summed E-state index contributed by atoms with van der Waals surface area (Å²) in [5.74, 6) is -1.13. The summed E-state index contributed by atoms with van der Waals surface area (Å²) in [7, 11) is -0.812. The van der Waals surface area contributed by atoms with Gasteiger partial charge in [-0.05, 0) is 18.2 Å². The van der Waals surface area contributed by atoms with Crippen LogP contribution in [0, 0.1) is 0 Å². The van der Waals surface area contributed by atoms with Crippen molar-refractivity contribution in [3.63, 3.8) is 0 Å². The third kappa shape index (κ3) is 3.97. The molecule has 0 amide bonds. The van der Waals surface area contributed by atoms with E-state index in [9.17, 15) is 18.3 Å². The van der Waals surface area contributed by atoms with E-state index in [1.54, 1.807) is 6.07 Å². The third-order valence-electron chi connectivity index (χ3n) is 2.38. The Hall–Kier alpha value is -1.05. The fraction of sp³-hybridized carbons (Fsp3) is 0.462. The minimum atomic E-state index is -3.63. The zero-order valence-corrected chi connectivity index (χ0v) is 13.8. The molecule has 1 aromatic carbocycles. The molecular weight excluding hydrogens is 298 g/mol. The first-order valence-corrected chi connectivity index (χ1v) is 8.20. The zero-order chi connectivity index (χ0) is 15.7. The van der Waals surface area contributed by atoms with Crippen molar-refractivity contribution in [2.75, 3.05) is 14.1 Å². The van der Waals surface area contributed by atoms with Crippen LogP contribution >= 0.6 is 11.8 Å². The van der Waals surface area contributed by atoms with Crippen LogP contribution in [0.5, 0.6) is 0 Å². The molecule has 0 heterocycles. The van der Waals surface area contributed by atoms with Gasteiger partial charge in [0.1, 0.15) is 0 Å². The highest BCUT2D eigenvalue weighted by atomic mass is 32.2. The van der Waals surface area contributed by atoms with Crippen molar-refractivity contribution in [3.05, 3.63) is 23.8 Å². The molecule has 1 aromatic rings. The summed E-state index contributed by atoms with van der Waals surface area (Å²) in [4.78, 5) is 11.9. The Morgan fingerprint density at radius 2 is 1.80 bits per heavy atom. The number of hydrogen-bond donors (Lipinski definition) is 1. The summed E-state index contributed by atoms with van der Waals surface area (Å²) < 4.78 is 25.0. The molecule has 0 aliphatic rings. The summed E-state index contributed by atoms with van der Waals surface area (Å²) in [5.41, 5.74) is 0.00727. The van der Waals surface area contributed by atoms with Crippen LogP contribution in [-0.2, 0) is 10.0 Å². The quantitative estimate of drug-likeness (QED) is 0.864. The van der Waals surface area contributed by atoms with Gasteiger partial charge in [-0.15, -0.1) is 11.8 Å². The molecule has 0 radical (unpaired) electrons. The van der Waals surface area contributed by atoms with Crippen LogP contribution in [0.4, 0.5) is 0 Å². The van der Waals surface area contributed by atoms with Gasteiger partial charge in [0.15, 0.2) is 0 Å². The smallest absolute Gasteiger partial charge is 0.336 e. The van der Waals surface area contributed by atoms with E-state index in [-0.39, 0.29) is 15.2 Å². The van der Waals surface area contributed by atoms with Gasteiger partial charge in [-0.25, -0.2) is 17.5 Å². The van der Waals surface area contributed by atoms with E-state index in [4.69, 9.17) is 0 Å². The third-order valence-corrected chi connectivity index (χ3v) is 5.38. The van der Waals surface area contributed by atoms with Crippen LogP contribution in [-0.4, -0.2) is 42.6 Å². The van der Waals surface area contributed by atoms with Crippen molar-refractivity contribution in [2.24, 2.45) is 0 Å². The topological polar surface area (TPSA) is 74.7 Å². The van der Waals surface area contributed by atoms with E-state index >= 15 is 0 Å². The first-order chi connectivity index (χ1) is 8.95. The number of aromatic carboxylic acids is 1. The summed E-state index contributed by atoms with van der Waals surface area (Å²) in [6.07, 6.45) is 0. The molecule has 0 spiro atoms. The average Bonchev–Trinajstić information content (AvgIpc) is 2.26. The number of carboxylic acids is 1. The van der Waals surface area contributed by atoms with Gasteiger partial charge in [-0.1, -0.05) is 20.8 Å². The molecule has 112 valence electrons. The maximum absolute atomic E-state index is 12.0. The normalized spacial score (nSPS) is 12.7. The standard InChI is InChI=1S/C13H19NO4S2/c1-13(2,3)19-11-7-6-9(8-10(11)12(15)16)20(17,18)14(4)5/h6-8H,1-5H3,(H,15,16). The van der Waals surface area contributed by atoms with E-state index in [2.05, 4.69) is 0 Å². The first kappa shape index (κ1) is 17.0. The summed E-state index contributed by atoms with van der Waals surface area (Å²) >= 11 is 1.39. The lowest BCUT2D eigenvalue weighted by atomic mass is 10.2. The van der Waals surface area contributed by atoms with Crippen molar-refractivity contribution in [1.29, 1.82) is 0 Å². The maximum Gasteiger partial charge on any atom is 0.336 e. The largest absolute Gasteiger partial charge is 0.478 e. The minimum absolute atomic E-state index is 0.00727. The van der Waals surface area contributed by atoms with Crippen LogP contribution in [0.25, 0.3) is 0 Å². The number of carboxylic acid groups (broad SMARTS) is 1. The summed E-state index contributed by atoms with van der Waals surface area (Å²) in [5, 5.41) is 9.27. The van der Waals surface area contributed by atoms with E-state index < -0.39 is 16.0 Å². The van der Waals surface area contributed by atoms with Gasteiger partial charge in [0, 0.05) is 23.7 Å². The highest BCUT2D eigenvalue weighted by Crippen LogP contribution is 2.35. The van der Waals surface area contributed by atoms with Gasteiger partial charge in [-0.3, -0.25) is 0 Å².